The Morgan fingerprint density at radius 3 is 2.63 bits per heavy atom. The van der Waals surface area contributed by atoms with Crippen molar-refractivity contribution in [2.45, 2.75) is 65.1 Å². The van der Waals surface area contributed by atoms with Crippen molar-refractivity contribution in [1.82, 2.24) is 9.80 Å². The van der Waals surface area contributed by atoms with Gasteiger partial charge in [0.1, 0.15) is 0 Å². The summed E-state index contributed by atoms with van der Waals surface area (Å²) in [6.45, 7) is 17.0. The van der Waals surface area contributed by atoms with Crippen LogP contribution in [0.25, 0.3) is 0 Å². The van der Waals surface area contributed by atoms with Gasteiger partial charge in [0.15, 0.2) is 0 Å². The molecule has 2 saturated heterocycles. The van der Waals surface area contributed by atoms with Crippen LogP contribution in [0, 0.1) is 5.92 Å². The Hall–Kier alpha value is -0.120. The van der Waals surface area contributed by atoms with Crippen molar-refractivity contribution in [3.63, 3.8) is 0 Å². The summed E-state index contributed by atoms with van der Waals surface area (Å²) in [7, 11) is 0. The van der Waals surface area contributed by atoms with Gasteiger partial charge in [0.2, 0.25) is 0 Å². The summed E-state index contributed by atoms with van der Waals surface area (Å²) in [5, 5.41) is 0. The summed E-state index contributed by atoms with van der Waals surface area (Å²) in [6.07, 6.45) is 2.77. The maximum atomic E-state index is 5.92. The zero-order chi connectivity index (χ0) is 14.0. The molecule has 19 heavy (non-hydrogen) atoms. The third-order valence-electron chi connectivity index (χ3n) is 4.72. The van der Waals surface area contributed by atoms with Gasteiger partial charge in [-0.2, -0.15) is 0 Å². The number of ether oxygens (including phenoxy) is 1. The molecule has 3 heteroatoms. The minimum Gasteiger partial charge on any atom is -0.375 e. The van der Waals surface area contributed by atoms with E-state index in [1.54, 1.807) is 0 Å². The van der Waals surface area contributed by atoms with Crippen LogP contribution in [0.4, 0.5) is 0 Å². The molecule has 0 spiro atoms. The van der Waals surface area contributed by atoms with E-state index in [0.717, 1.165) is 25.1 Å². The minimum atomic E-state index is -0.0251. The fourth-order valence-corrected chi connectivity index (χ4v) is 3.84. The molecule has 0 aromatic rings. The van der Waals surface area contributed by atoms with E-state index in [1.807, 2.05) is 0 Å². The van der Waals surface area contributed by atoms with Crippen molar-refractivity contribution in [3.05, 3.63) is 0 Å². The molecule has 0 radical (unpaired) electrons. The van der Waals surface area contributed by atoms with E-state index < -0.39 is 0 Å². The number of piperazine rings is 1. The van der Waals surface area contributed by atoms with Gasteiger partial charge in [-0.15, -0.1) is 0 Å². The molecule has 2 atom stereocenters. The number of nitrogens with zero attached hydrogens (tertiary/aromatic N) is 2. The molecule has 2 fully saturated rings. The Morgan fingerprint density at radius 2 is 2.00 bits per heavy atom. The third-order valence-corrected chi connectivity index (χ3v) is 4.72. The Bertz CT molecular complexity index is 290. The molecule has 0 aromatic carbocycles. The fraction of sp³-hybridized carbons (Fsp3) is 1.00. The predicted octanol–water partition coefficient (Wildman–Crippen LogP) is 2.61. The maximum absolute atomic E-state index is 5.92. The van der Waals surface area contributed by atoms with Crippen molar-refractivity contribution in [2.24, 2.45) is 5.92 Å². The molecular weight excluding hydrogens is 236 g/mol. The van der Waals surface area contributed by atoms with Crippen LogP contribution in [0.15, 0.2) is 0 Å². The van der Waals surface area contributed by atoms with Crippen LogP contribution in [-0.2, 0) is 4.74 Å². The summed E-state index contributed by atoms with van der Waals surface area (Å²) in [5.41, 5.74) is -0.0251. The SMILES string of the molecule is CCOC(C)(C)CN1CC2CCCN2CC1C(C)C. The normalized spacial score (nSPS) is 30.0. The number of hydrogen-bond acceptors (Lipinski definition) is 3. The lowest BCUT2D eigenvalue weighted by molar-refractivity contribution is -0.0664. The van der Waals surface area contributed by atoms with Gasteiger partial charge >= 0.3 is 0 Å². The van der Waals surface area contributed by atoms with Gasteiger partial charge < -0.3 is 4.74 Å². The topological polar surface area (TPSA) is 15.7 Å². The lowest BCUT2D eigenvalue weighted by atomic mass is 9.95. The van der Waals surface area contributed by atoms with E-state index in [0.29, 0.717) is 6.04 Å². The van der Waals surface area contributed by atoms with Crippen LogP contribution >= 0.6 is 0 Å². The van der Waals surface area contributed by atoms with E-state index in [-0.39, 0.29) is 5.60 Å². The molecule has 0 aliphatic carbocycles. The molecule has 2 rings (SSSR count). The van der Waals surface area contributed by atoms with Gasteiger partial charge in [0, 0.05) is 38.3 Å². The van der Waals surface area contributed by atoms with Gasteiger partial charge in [-0.3, -0.25) is 9.80 Å². The average Bonchev–Trinajstić information content (AvgIpc) is 2.73. The van der Waals surface area contributed by atoms with Crippen molar-refractivity contribution in [1.29, 1.82) is 0 Å². The monoisotopic (exact) mass is 268 g/mol. The van der Waals surface area contributed by atoms with E-state index in [1.165, 1.54) is 32.5 Å². The van der Waals surface area contributed by atoms with Gasteiger partial charge in [0.05, 0.1) is 5.60 Å². The highest BCUT2D eigenvalue weighted by Gasteiger charge is 2.39. The zero-order valence-electron chi connectivity index (χ0n) is 13.5. The standard InChI is InChI=1S/C16H32N2O/c1-6-19-16(4,5)12-18-10-14-8-7-9-17(14)11-15(18)13(2)3/h13-15H,6-12H2,1-5H3. The predicted molar refractivity (Wildman–Crippen MR) is 80.5 cm³/mol. The van der Waals surface area contributed by atoms with Gasteiger partial charge in [-0.1, -0.05) is 13.8 Å². The van der Waals surface area contributed by atoms with Gasteiger partial charge in [-0.25, -0.2) is 0 Å². The molecule has 2 aliphatic heterocycles. The minimum absolute atomic E-state index is 0.0251. The molecule has 3 nitrogen and oxygen atoms in total. The Kier molecular flexibility index (Phi) is 4.91. The van der Waals surface area contributed by atoms with Crippen molar-refractivity contribution in [2.75, 3.05) is 32.8 Å². The first-order valence-electron chi connectivity index (χ1n) is 8.05. The average molecular weight is 268 g/mol. The highest BCUT2D eigenvalue weighted by molar-refractivity contribution is 4.95. The molecule has 2 aliphatic rings. The van der Waals surface area contributed by atoms with Gasteiger partial charge in [0.25, 0.3) is 0 Å². The Balaban J connectivity index is 2.03. The molecule has 2 heterocycles. The van der Waals surface area contributed by atoms with Crippen molar-refractivity contribution in [3.8, 4) is 0 Å². The smallest absolute Gasteiger partial charge is 0.0752 e. The lowest BCUT2D eigenvalue weighted by Crippen LogP contribution is -2.60. The highest BCUT2D eigenvalue weighted by atomic mass is 16.5. The van der Waals surface area contributed by atoms with Crippen molar-refractivity contribution < 1.29 is 4.74 Å². The summed E-state index contributed by atoms with van der Waals surface area (Å²) in [5.74, 6) is 0.721. The van der Waals surface area contributed by atoms with Crippen LogP contribution in [0.2, 0.25) is 0 Å². The zero-order valence-corrected chi connectivity index (χ0v) is 13.5. The van der Waals surface area contributed by atoms with Crippen LogP contribution in [-0.4, -0.2) is 60.3 Å². The second kappa shape index (κ2) is 6.11. The van der Waals surface area contributed by atoms with Crippen molar-refractivity contribution >= 4 is 0 Å². The molecule has 0 bridgehead atoms. The Labute approximate surface area is 119 Å². The molecule has 0 N–H and O–H groups in total. The molecule has 0 saturated carbocycles. The molecular formula is C16H32N2O. The highest BCUT2D eigenvalue weighted by Crippen LogP contribution is 2.29. The first-order valence-corrected chi connectivity index (χ1v) is 8.05. The second-order valence-electron chi connectivity index (χ2n) is 7.22. The number of rotatable bonds is 5. The van der Waals surface area contributed by atoms with E-state index in [9.17, 15) is 0 Å². The summed E-state index contributed by atoms with van der Waals surface area (Å²) in [4.78, 5) is 5.42. The first kappa shape index (κ1) is 15.3. The number of fused-ring (bicyclic) bond motifs is 1. The third kappa shape index (κ3) is 3.71. The summed E-state index contributed by atoms with van der Waals surface area (Å²) >= 11 is 0. The van der Waals surface area contributed by atoms with Crippen LogP contribution in [0.5, 0.6) is 0 Å². The van der Waals surface area contributed by atoms with E-state index >= 15 is 0 Å². The van der Waals surface area contributed by atoms with Crippen LogP contribution in [0.3, 0.4) is 0 Å². The first-order chi connectivity index (χ1) is 8.93. The Morgan fingerprint density at radius 1 is 1.26 bits per heavy atom. The quantitative estimate of drug-likeness (QED) is 0.762. The molecule has 2 unspecified atom stereocenters. The summed E-state index contributed by atoms with van der Waals surface area (Å²) in [6, 6.07) is 1.49. The van der Waals surface area contributed by atoms with Crippen LogP contribution < -0.4 is 0 Å². The molecule has 0 amide bonds. The maximum Gasteiger partial charge on any atom is 0.0752 e. The van der Waals surface area contributed by atoms with Gasteiger partial charge in [-0.05, 0) is 46.1 Å². The summed E-state index contributed by atoms with van der Waals surface area (Å²) < 4.78 is 5.92. The number of hydrogen-bond donors (Lipinski definition) is 0. The molecule has 0 aromatic heterocycles. The van der Waals surface area contributed by atoms with Crippen LogP contribution in [0.1, 0.15) is 47.5 Å². The second-order valence-corrected chi connectivity index (χ2v) is 7.22. The lowest BCUT2D eigenvalue weighted by Gasteiger charge is -2.47. The van der Waals surface area contributed by atoms with E-state index in [2.05, 4.69) is 44.4 Å². The largest absolute Gasteiger partial charge is 0.375 e. The molecule has 112 valence electrons. The van der Waals surface area contributed by atoms with E-state index in [4.69, 9.17) is 4.74 Å². The fourth-order valence-electron chi connectivity index (χ4n) is 3.84.